The van der Waals surface area contributed by atoms with Crippen LogP contribution >= 0.6 is 0 Å². The van der Waals surface area contributed by atoms with Crippen LogP contribution in [-0.2, 0) is 4.79 Å². The van der Waals surface area contributed by atoms with Gasteiger partial charge in [-0.2, -0.15) is 10.4 Å². The van der Waals surface area contributed by atoms with E-state index in [0.717, 1.165) is 16.9 Å². The number of aryl methyl sites for hydroxylation is 2. The van der Waals surface area contributed by atoms with Crippen LogP contribution in [0.2, 0.25) is 0 Å². The van der Waals surface area contributed by atoms with Gasteiger partial charge in [0.15, 0.2) is 0 Å². The van der Waals surface area contributed by atoms with Gasteiger partial charge in [-0.3, -0.25) is 4.79 Å². The number of aromatic nitrogens is 2. The second kappa shape index (κ2) is 9.39. The fraction of sp³-hybridized carbons (Fsp3) is 0.125. The number of rotatable bonds is 7. The minimum absolute atomic E-state index is 0.0426. The highest BCUT2D eigenvalue weighted by Gasteiger charge is 2.15. The number of carbonyl (C=O) groups is 1. The molecule has 6 nitrogen and oxygen atoms in total. The van der Waals surface area contributed by atoms with Crippen LogP contribution in [0.5, 0.6) is 5.75 Å². The zero-order valence-corrected chi connectivity index (χ0v) is 16.9. The molecule has 0 atom stereocenters. The van der Waals surface area contributed by atoms with Crippen molar-refractivity contribution in [2.75, 3.05) is 11.9 Å². The first-order chi connectivity index (χ1) is 14.5. The molecule has 1 aromatic heterocycles. The summed E-state index contributed by atoms with van der Waals surface area (Å²) >= 11 is 0. The third kappa shape index (κ3) is 4.83. The number of nitrogens with zero attached hydrogens (tertiary/aromatic N) is 3. The Labute approximate surface area is 175 Å². The summed E-state index contributed by atoms with van der Waals surface area (Å²) in [7, 11) is 0. The van der Waals surface area contributed by atoms with Crippen LogP contribution in [0.25, 0.3) is 11.8 Å². The molecule has 30 heavy (non-hydrogen) atoms. The molecule has 6 heteroatoms. The lowest BCUT2D eigenvalue weighted by atomic mass is 10.1. The summed E-state index contributed by atoms with van der Waals surface area (Å²) in [5.74, 6) is 0.529. The quantitative estimate of drug-likeness (QED) is 0.358. The smallest absolute Gasteiger partial charge is 0.267 e. The summed E-state index contributed by atoms with van der Waals surface area (Å²) < 4.78 is 7.24. The molecule has 0 aliphatic rings. The number of hydrogen-bond acceptors (Lipinski definition) is 4. The number of hydrogen-bond donors (Lipinski definition) is 1. The first-order valence-corrected chi connectivity index (χ1v) is 9.41. The van der Waals surface area contributed by atoms with Crippen LogP contribution in [0.15, 0.2) is 72.8 Å². The molecule has 1 amide bonds. The molecule has 150 valence electrons. The molecule has 0 radical (unpaired) electrons. The molecule has 3 rings (SSSR count). The average Bonchev–Trinajstić information content (AvgIpc) is 3.11. The van der Waals surface area contributed by atoms with Crippen molar-refractivity contribution in [1.29, 1.82) is 5.26 Å². The Kier molecular flexibility index (Phi) is 6.46. The molecule has 2 aromatic carbocycles. The second-order valence-corrected chi connectivity index (χ2v) is 6.68. The van der Waals surface area contributed by atoms with Gasteiger partial charge in [-0.05, 0) is 38.1 Å². The van der Waals surface area contributed by atoms with Crippen molar-refractivity contribution in [1.82, 2.24) is 9.78 Å². The van der Waals surface area contributed by atoms with Crippen LogP contribution < -0.4 is 10.1 Å². The van der Waals surface area contributed by atoms with Gasteiger partial charge in [-0.1, -0.05) is 48.6 Å². The van der Waals surface area contributed by atoms with Crippen molar-refractivity contribution in [3.8, 4) is 17.5 Å². The Morgan fingerprint density at radius 3 is 2.67 bits per heavy atom. The van der Waals surface area contributed by atoms with Gasteiger partial charge in [0.1, 0.15) is 29.8 Å². The largest absolute Gasteiger partial charge is 0.489 e. The van der Waals surface area contributed by atoms with E-state index in [2.05, 4.69) is 17.0 Å². The third-order valence-electron chi connectivity index (χ3n) is 4.29. The fourth-order valence-corrected chi connectivity index (χ4v) is 2.84. The number of amides is 1. The number of nitriles is 1. The predicted molar refractivity (Wildman–Crippen MR) is 117 cm³/mol. The van der Waals surface area contributed by atoms with Crippen molar-refractivity contribution < 1.29 is 9.53 Å². The average molecular weight is 398 g/mol. The van der Waals surface area contributed by atoms with Crippen molar-refractivity contribution in [2.24, 2.45) is 0 Å². The summed E-state index contributed by atoms with van der Waals surface area (Å²) in [4.78, 5) is 12.8. The molecule has 1 heterocycles. The lowest BCUT2D eigenvalue weighted by Gasteiger charge is -2.10. The normalized spacial score (nSPS) is 10.9. The molecule has 1 N–H and O–H groups in total. The zero-order chi connectivity index (χ0) is 21.5. The topological polar surface area (TPSA) is 79.9 Å². The first-order valence-electron chi connectivity index (χ1n) is 9.41. The van der Waals surface area contributed by atoms with E-state index in [4.69, 9.17) is 4.74 Å². The van der Waals surface area contributed by atoms with Gasteiger partial charge < -0.3 is 10.1 Å². The van der Waals surface area contributed by atoms with Crippen molar-refractivity contribution in [2.45, 2.75) is 13.8 Å². The summed E-state index contributed by atoms with van der Waals surface area (Å²) in [6.07, 6.45) is 3.14. The van der Waals surface area contributed by atoms with E-state index in [1.54, 1.807) is 29.0 Å². The number of benzene rings is 2. The molecule has 0 aliphatic heterocycles. The first kappa shape index (κ1) is 20.6. The van der Waals surface area contributed by atoms with Gasteiger partial charge in [0.25, 0.3) is 5.91 Å². The molecule has 0 fully saturated rings. The van der Waals surface area contributed by atoms with Gasteiger partial charge in [0, 0.05) is 11.6 Å². The Bertz CT molecular complexity index is 1130. The summed E-state index contributed by atoms with van der Waals surface area (Å²) in [6, 6.07) is 18.7. The van der Waals surface area contributed by atoms with Crippen LogP contribution in [0, 0.1) is 25.2 Å². The minimum Gasteiger partial charge on any atom is -0.489 e. The van der Waals surface area contributed by atoms with E-state index < -0.39 is 5.91 Å². The SMILES string of the molecule is C=CCOc1ccccc1/C=C(\C#N)C(=O)Nc1cc(C)nn1-c1ccc(C)cc1. The van der Waals surface area contributed by atoms with Crippen molar-refractivity contribution >= 4 is 17.8 Å². The maximum Gasteiger partial charge on any atom is 0.267 e. The van der Waals surface area contributed by atoms with Crippen LogP contribution in [-0.4, -0.2) is 22.3 Å². The lowest BCUT2D eigenvalue weighted by molar-refractivity contribution is -0.112. The van der Waals surface area contributed by atoms with Gasteiger partial charge in [0.05, 0.1) is 11.4 Å². The highest BCUT2D eigenvalue weighted by molar-refractivity contribution is 6.09. The van der Waals surface area contributed by atoms with E-state index in [1.807, 2.05) is 56.3 Å². The predicted octanol–water partition coefficient (Wildman–Crippen LogP) is 4.60. The molecular formula is C24H22N4O2. The number of nitrogens with one attached hydrogen (secondary N) is 1. The minimum atomic E-state index is -0.524. The van der Waals surface area contributed by atoms with Crippen molar-refractivity contribution in [3.63, 3.8) is 0 Å². The Balaban J connectivity index is 1.89. The molecule has 0 aliphatic carbocycles. The van der Waals surface area contributed by atoms with Gasteiger partial charge in [-0.15, -0.1) is 0 Å². The van der Waals surface area contributed by atoms with Gasteiger partial charge >= 0.3 is 0 Å². The van der Waals surface area contributed by atoms with E-state index in [-0.39, 0.29) is 5.57 Å². The van der Waals surface area contributed by atoms with E-state index in [0.29, 0.717) is 23.7 Å². The van der Waals surface area contributed by atoms with Crippen molar-refractivity contribution in [3.05, 3.63) is 89.6 Å². The Morgan fingerprint density at radius 2 is 1.97 bits per heavy atom. The molecule has 3 aromatic rings. The molecule has 0 saturated heterocycles. The van der Waals surface area contributed by atoms with Gasteiger partial charge in [0.2, 0.25) is 0 Å². The highest BCUT2D eigenvalue weighted by atomic mass is 16.5. The zero-order valence-electron chi connectivity index (χ0n) is 16.9. The number of ether oxygens (including phenoxy) is 1. The summed E-state index contributed by atoms with van der Waals surface area (Å²) in [5, 5.41) is 16.8. The molecule has 0 bridgehead atoms. The second-order valence-electron chi connectivity index (χ2n) is 6.68. The molecular weight excluding hydrogens is 376 g/mol. The van der Waals surface area contributed by atoms with E-state index in [1.165, 1.54) is 6.08 Å². The van der Waals surface area contributed by atoms with Crippen LogP contribution in [0.1, 0.15) is 16.8 Å². The highest BCUT2D eigenvalue weighted by Crippen LogP contribution is 2.22. The van der Waals surface area contributed by atoms with E-state index >= 15 is 0 Å². The number of para-hydroxylation sites is 1. The standard InChI is InChI=1S/C24H22N4O2/c1-4-13-30-22-8-6-5-7-19(22)15-20(16-25)24(29)26-23-14-18(3)27-28(23)21-11-9-17(2)10-12-21/h4-12,14-15H,1,13H2,2-3H3,(H,26,29)/b20-15+. The summed E-state index contributed by atoms with van der Waals surface area (Å²) in [5.41, 5.74) is 3.28. The maximum atomic E-state index is 12.8. The Morgan fingerprint density at radius 1 is 1.23 bits per heavy atom. The van der Waals surface area contributed by atoms with Crippen LogP contribution in [0.3, 0.4) is 0 Å². The fourth-order valence-electron chi connectivity index (χ4n) is 2.84. The lowest BCUT2D eigenvalue weighted by Crippen LogP contribution is -2.16. The Hall–Kier alpha value is -4.11. The van der Waals surface area contributed by atoms with Gasteiger partial charge in [-0.25, -0.2) is 4.68 Å². The molecule has 0 spiro atoms. The third-order valence-corrected chi connectivity index (χ3v) is 4.29. The number of anilines is 1. The monoisotopic (exact) mass is 398 g/mol. The van der Waals surface area contributed by atoms with Crippen LogP contribution in [0.4, 0.5) is 5.82 Å². The maximum absolute atomic E-state index is 12.8. The molecule has 0 saturated carbocycles. The van der Waals surface area contributed by atoms with E-state index in [9.17, 15) is 10.1 Å². The summed E-state index contributed by atoms with van der Waals surface area (Å²) in [6.45, 7) is 7.80. The molecule has 0 unspecified atom stereocenters. The number of carbonyl (C=O) groups excluding carboxylic acids is 1.